The van der Waals surface area contributed by atoms with E-state index in [9.17, 15) is 4.79 Å². The second kappa shape index (κ2) is 6.80. The predicted octanol–water partition coefficient (Wildman–Crippen LogP) is 0.380. The monoisotopic (exact) mass is 215 g/mol. The molecule has 1 heterocycles. The van der Waals surface area contributed by atoms with Gasteiger partial charge in [-0.15, -0.1) is 0 Å². The molecule has 1 aliphatic heterocycles. The minimum absolute atomic E-state index is 0.0830. The van der Waals surface area contributed by atoms with E-state index in [-0.39, 0.29) is 19.1 Å². The molecule has 0 spiro atoms. The normalized spacial score (nSPS) is 21.7. The maximum absolute atomic E-state index is 11.7. The molecule has 0 aliphatic carbocycles. The van der Waals surface area contributed by atoms with E-state index in [0.717, 1.165) is 32.4 Å². The van der Waals surface area contributed by atoms with Crippen molar-refractivity contribution >= 4 is 5.91 Å². The van der Waals surface area contributed by atoms with Gasteiger partial charge in [-0.25, -0.2) is 0 Å². The van der Waals surface area contributed by atoms with Gasteiger partial charge in [0.1, 0.15) is 0 Å². The van der Waals surface area contributed by atoms with Gasteiger partial charge in [0.05, 0.1) is 0 Å². The third-order valence-electron chi connectivity index (χ3n) is 2.96. The van der Waals surface area contributed by atoms with Crippen LogP contribution in [-0.4, -0.2) is 47.3 Å². The highest BCUT2D eigenvalue weighted by molar-refractivity contribution is 5.76. The summed E-state index contributed by atoms with van der Waals surface area (Å²) in [6, 6.07) is 0. The van der Waals surface area contributed by atoms with Gasteiger partial charge in [0.15, 0.2) is 0 Å². The first-order valence-electron chi connectivity index (χ1n) is 5.77. The molecule has 15 heavy (non-hydrogen) atoms. The lowest BCUT2D eigenvalue weighted by Crippen LogP contribution is -2.40. The lowest BCUT2D eigenvalue weighted by molar-refractivity contribution is -0.133. The van der Waals surface area contributed by atoms with Crippen molar-refractivity contribution in [3.8, 4) is 0 Å². The van der Waals surface area contributed by atoms with Gasteiger partial charge in [0, 0.05) is 32.7 Å². The Morgan fingerprint density at radius 1 is 1.33 bits per heavy atom. The molecule has 1 amide bonds. The number of aliphatic hydroxyl groups excluding tert-OH is 2. The number of carbonyl (C=O) groups excluding carboxylic acids is 1. The van der Waals surface area contributed by atoms with E-state index in [2.05, 4.69) is 0 Å². The zero-order valence-corrected chi connectivity index (χ0v) is 9.19. The van der Waals surface area contributed by atoms with Gasteiger partial charge in [0.2, 0.25) is 5.91 Å². The Hall–Kier alpha value is -0.610. The van der Waals surface area contributed by atoms with Crippen molar-refractivity contribution in [2.24, 2.45) is 5.92 Å². The zero-order chi connectivity index (χ0) is 11.1. The van der Waals surface area contributed by atoms with Gasteiger partial charge in [-0.2, -0.15) is 0 Å². The van der Waals surface area contributed by atoms with Crippen LogP contribution in [0.2, 0.25) is 0 Å². The number of hydrogen-bond donors (Lipinski definition) is 2. The Kier molecular flexibility index (Phi) is 5.65. The van der Waals surface area contributed by atoms with Crippen molar-refractivity contribution in [3.63, 3.8) is 0 Å². The molecule has 0 bridgehead atoms. The topological polar surface area (TPSA) is 60.8 Å². The van der Waals surface area contributed by atoms with Gasteiger partial charge in [-0.1, -0.05) is 0 Å². The number of carbonyl (C=O) groups is 1. The molecule has 1 atom stereocenters. The summed E-state index contributed by atoms with van der Waals surface area (Å²) in [5.74, 6) is 0.605. The van der Waals surface area contributed by atoms with Gasteiger partial charge < -0.3 is 15.1 Å². The highest BCUT2D eigenvalue weighted by Crippen LogP contribution is 2.19. The second-order valence-corrected chi connectivity index (χ2v) is 4.19. The second-order valence-electron chi connectivity index (χ2n) is 4.19. The average molecular weight is 215 g/mol. The molecular weight excluding hydrogens is 194 g/mol. The molecule has 1 rings (SSSR count). The number of likely N-dealkylation sites (tertiary alicyclic amines) is 1. The third kappa shape index (κ3) is 4.18. The number of hydrogen-bond acceptors (Lipinski definition) is 3. The molecule has 0 aromatic rings. The smallest absolute Gasteiger partial charge is 0.222 e. The number of piperidine rings is 1. The highest BCUT2D eigenvalue weighted by Gasteiger charge is 2.22. The summed E-state index contributed by atoms with van der Waals surface area (Å²) >= 11 is 0. The number of rotatable bonds is 5. The number of amides is 1. The summed E-state index contributed by atoms with van der Waals surface area (Å²) in [5.41, 5.74) is 0. The van der Waals surface area contributed by atoms with Crippen molar-refractivity contribution in [2.45, 2.75) is 32.1 Å². The van der Waals surface area contributed by atoms with Crippen molar-refractivity contribution < 1.29 is 15.0 Å². The maximum atomic E-state index is 11.7. The van der Waals surface area contributed by atoms with Crippen LogP contribution in [-0.2, 0) is 4.79 Å². The molecule has 88 valence electrons. The Labute approximate surface area is 90.9 Å². The first-order chi connectivity index (χ1) is 7.27. The third-order valence-corrected chi connectivity index (χ3v) is 2.96. The zero-order valence-electron chi connectivity index (χ0n) is 9.19. The molecule has 2 N–H and O–H groups in total. The fourth-order valence-electron chi connectivity index (χ4n) is 2.10. The SMILES string of the molecule is O=C(CCCO)N1CCCC(CCO)C1. The van der Waals surface area contributed by atoms with E-state index < -0.39 is 0 Å². The molecule has 0 aromatic carbocycles. The van der Waals surface area contributed by atoms with Crippen LogP contribution in [0.3, 0.4) is 0 Å². The fourth-order valence-corrected chi connectivity index (χ4v) is 2.10. The summed E-state index contributed by atoms with van der Waals surface area (Å²) in [4.78, 5) is 13.5. The molecule has 1 aliphatic rings. The van der Waals surface area contributed by atoms with Crippen molar-refractivity contribution in [3.05, 3.63) is 0 Å². The molecule has 1 saturated heterocycles. The molecule has 1 fully saturated rings. The van der Waals surface area contributed by atoms with E-state index >= 15 is 0 Å². The lowest BCUT2D eigenvalue weighted by atomic mass is 9.95. The van der Waals surface area contributed by atoms with Crippen LogP contribution in [0.1, 0.15) is 32.1 Å². The molecule has 0 radical (unpaired) electrons. The van der Waals surface area contributed by atoms with Crippen LogP contribution >= 0.6 is 0 Å². The van der Waals surface area contributed by atoms with Crippen LogP contribution in [0.15, 0.2) is 0 Å². The van der Waals surface area contributed by atoms with Gasteiger partial charge in [0.25, 0.3) is 0 Å². The minimum atomic E-state index is 0.0830. The standard InChI is InChI=1S/C11H21NO3/c13-7-2-4-11(15)12-6-1-3-10(9-12)5-8-14/h10,13-14H,1-9H2. The van der Waals surface area contributed by atoms with Crippen LogP contribution < -0.4 is 0 Å². The molecular formula is C11H21NO3. The summed E-state index contributed by atoms with van der Waals surface area (Å²) in [5, 5.41) is 17.5. The summed E-state index contributed by atoms with van der Waals surface area (Å²) in [7, 11) is 0. The van der Waals surface area contributed by atoms with Gasteiger partial charge in [-0.05, 0) is 31.6 Å². The number of nitrogens with zero attached hydrogens (tertiary/aromatic N) is 1. The summed E-state index contributed by atoms with van der Waals surface area (Å²) in [6.45, 7) is 1.92. The average Bonchev–Trinajstić information content (AvgIpc) is 2.27. The van der Waals surface area contributed by atoms with Crippen LogP contribution in [0.4, 0.5) is 0 Å². The largest absolute Gasteiger partial charge is 0.396 e. The molecule has 0 saturated carbocycles. The maximum Gasteiger partial charge on any atom is 0.222 e. The molecule has 0 aromatic heterocycles. The van der Waals surface area contributed by atoms with Crippen molar-refractivity contribution in [1.29, 1.82) is 0 Å². The molecule has 1 unspecified atom stereocenters. The quantitative estimate of drug-likeness (QED) is 0.697. The molecule has 4 nitrogen and oxygen atoms in total. The van der Waals surface area contributed by atoms with Crippen molar-refractivity contribution in [2.75, 3.05) is 26.3 Å². The summed E-state index contributed by atoms with van der Waals surface area (Å²) < 4.78 is 0. The Morgan fingerprint density at radius 3 is 2.80 bits per heavy atom. The van der Waals surface area contributed by atoms with Gasteiger partial charge >= 0.3 is 0 Å². The minimum Gasteiger partial charge on any atom is -0.396 e. The van der Waals surface area contributed by atoms with E-state index in [1.807, 2.05) is 4.90 Å². The van der Waals surface area contributed by atoms with Crippen molar-refractivity contribution in [1.82, 2.24) is 4.90 Å². The summed E-state index contributed by atoms with van der Waals surface area (Å²) in [6.07, 6.45) is 3.95. The van der Waals surface area contributed by atoms with Crippen LogP contribution in [0, 0.1) is 5.92 Å². The first-order valence-corrected chi connectivity index (χ1v) is 5.77. The van der Waals surface area contributed by atoms with E-state index in [1.165, 1.54) is 0 Å². The van der Waals surface area contributed by atoms with Gasteiger partial charge in [-0.3, -0.25) is 4.79 Å². The van der Waals surface area contributed by atoms with Crippen LogP contribution in [0.5, 0.6) is 0 Å². The number of aliphatic hydroxyl groups is 2. The van der Waals surface area contributed by atoms with Crippen LogP contribution in [0.25, 0.3) is 0 Å². The van der Waals surface area contributed by atoms with E-state index in [4.69, 9.17) is 10.2 Å². The first kappa shape index (κ1) is 12.5. The Morgan fingerprint density at radius 2 is 2.13 bits per heavy atom. The molecule has 4 heteroatoms. The highest BCUT2D eigenvalue weighted by atomic mass is 16.3. The van der Waals surface area contributed by atoms with E-state index in [1.54, 1.807) is 0 Å². The predicted molar refractivity (Wildman–Crippen MR) is 57.3 cm³/mol. The lowest BCUT2D eigenvalue weighted by Gasteiger charge is -2.32. The Balaban J connectivity index is 2.31. The fraction of sp³-hybridized carbons (Fsp3) is 0.909. The Bertz CT molecular complexity index is 194. The van der Waals surface area contributed by atoms with E-state index in [0.29, 0.717) is 18.8 Å².